The Morgan fingerprint density at radius 2 is 1.91 bits per heavy atom. The minimum absolute atomic E-state index is 0.254. The summed E-state index contributed by atoms with van der Waals surface area (Å²) in [5.74, 6) is 2.67. The van der Waals surface area contributed by atoms with E-state index in [4.69, 9.17) is 14.6 Å². The molecule has 180 valence electrons. The van der Waals surface area contributed by atoms with Crippen molar-refractivity contribution in [2.45, 2.75) is 38.6 Å². The minimum atomic E-state index is -0.254. The van der Waals surface area contributed by atoms with Crippen LogP contribution in [0.1, 0.15) is 43.0 Å². The van der Waals surface area contributed by atoms with Gasteiger partial charge in [-0.3, -0.25) is 4.99 Å². The van der Waals surface area contributed by atoms with Crippen LogP contribution in [-0.2, 0) is 10.4 Å². The second-order valence-corrected chi connectivity index (χ2v) is 9.14. The first-order chi connectivity index (χ1) is 17.0. The highest BCUT2D eigenvalue weighted by atomic mass is 16.6. The van der Waals surface area contributed by atoms with Gasteiger partial charge in [-0.1, -0.05) is 41.6 Å². The van der Waals surface area contributed by atoms with Crippen molar-refractivity contribution in [1.29, 1.82) is 0 Å². The third-order valence-corrected chi connectivity index (χ3v) is 6.87. The zero-order chi connectivity index (χ0) is 24.4. The zero-order valence-electron chi connectivity index (χ0n) is 20.7. The van der Waals surface area contributed by atoms with E-state index in [0.29, 0.717) is 0 Å². The molecule has 2 aromatic carbocycles. The first-order valence-corrected chi connectivity index (χ1v) is 11.9. The molecule has 0 spiro atoms. The van der Waals surface area contributed by atoms with Gasteiger partial charge in [-0.2, -0.15) is 0 Å². The van der Waals surface area contributed by atoms with E-state index in [1.165, 1.54) is 5.56 Å². The van der Waals surface area contributed by atoms with E-state index in [1.54, 1.807) is 20.5 Å². The van der Waals surface area contributed by atoms with E-state index in [2.05, 4.69) is 76.6 Å². The van der Waals surface area contributed by atoms with Crippen LogP contribution in [-0.4, -0.2) is 46.9 Å². The third-order valence-electron chi connectivity index (χ3n) is 6.87. The van der Waals surface area contributed by atoms with Crippen molar-refractivity contribution < 1.29 is 9.57 Å². The number of aromatic nitrogens is 2. The number of rotatable bonds is 5. The lowest BCUT2D eigenvalue weighted by molar-refractivity contribution is 0.190. The summed E-state index contributed by atoms with van der Waals surface area (Å²) in [6.45, 7) is 5.06. The number of benzene rings is 2. The van der Waals surface area contributed by atoms with E-state index < -0.39 is 0 Å². The average Bonchev–Trinajstić information content (AvgIpc) is 3.32. The van der Waals surface area contributed by atoms with Gasteiger partial charge in [-0.15, -0.1) is 0 Å². The van der Waals surface area contributed by atoms with Gasteiger partial charge in [-0.25, -0.2) is 4.98 Å². The zero-order valence-corrected chi connectivity index (χ0v) is 20.7. The summed E-state index contributed by atoms with van der Waals surface area (Å²) in [5, 5.41) is 4.53. The number of amidine groups is 2. The van der Waals surface area contributed by atoms with E-state index in [1.807, 2.05) is 17.7 Å². The van der Waals surface area contributed by atoms with Gasteiger partial charge in [0.1, 0.15) is 18.7 Å². The predicted molar refractivity (Wildman–Crippen MR) is 139 cm³/mol. The normalized spacial score (nSPS) is 22.2. The van der Waals surface area contributed by atoms with Gasteiger partial charge < -0.3 is 19.0 Å². The van der Waals surface area contributed by atoms with Crippen LogP contribution in [0.5, 0.6) is 5.75 Å². The van der Waals surface area contributed by atoms with Crippen molar-refractivity contribution in [2.75, 3.05) is 20.8 Å². The van der Waals surface area contributed by atoms with Crippen molar-refractivity contribution in [3.8, 4) is 11.4 Å². The van der Waals surface area contributed by atoms with Gasteiger partial charge in [0.05, 0.1) is 30.4 Å². The number of ether oxygens (including phenoxy) is 1. The number of hydrogen-bond donors (Lipinski definition) is 0. The summed E-state index contributed by atoms with van der Waals surface area (Å²) in [7, 11) is 3.30. The Balaban J connectivity index is 1.55. The topological polar surface area (TPSA) is 64.2 Å². The van der Waals surface area contributed by atoms with Crippen LogP contribution in [0.15, 0.2) is 76.8 Å². The SMILES string of the molecule is CON=C1C(=Cc2ccc(-n3cnc(C)c3)c(OC)c2)CCC2=NCCC(C)(c3ccccc3)N21. The maximum absolute atomic E-state index is 5.73. The number of aryl methyl sites for hydroxylation is 1. The lowest BCUT2D eigenvalue weighted by Crippen LogP contribution is -2.56. The molecule has 0 amide bonds. The van der Waals surface area contributed by atoms with Crippen LogP contribution < -0.4 is 4.74 Å². The maximum Gasteiger partial charge on any atom is 0.177 e. The predicted octanol–water partition coefficient (Wildman–Crippen LogP) is 5.35. The summed E-state index contributed by atoms with van der Waals surface area (Å²) in [5.41, 5.74) is 5.06. The molecular weight excluding hydrogens is 438 g/mol. The van der Waals surface area contributed by atoms with E-state index in [0.717, 1.165) is 65.7 Å². The first-order valence-electron chi connectivity index (χ1n) is 11.9. The fourth-order valence-electron chi connectivity index (χ4n) is 5.06. The molecule has 35 heavy (non-hydrogen) atoms. The quantitative estimate of drug-likeness (QED) is 0.473. The fraction of sp³-hybridized carbons (Fsp3) is 0.321. The molecule has 5 rings (SSSR count). The number of imidazole rings is 1. The largest absolute Gasteiger partial charge is 0.495 e. The van der Waals surface area contributed by atoms with Crippen molar-refractivity contribution in [3.63, 3.8) is 0 Å². The van der Waals surface area contributed by atoms with Gasteiger partial charge >= 0.3 is 0 Å². The first kappa shape index (κ1) is 22.9. The third kappa shape index (κ3) is 4.22. The second kappa shape index (κ2) is 9.41. The fourth-order valence-corrected chi connectivity index (χ4v) is 5.06. The smallest absolute Gasteiger partial charge is 0.177 e. The Hall–Kier alpha value is -3.87. The van der Waals surface area contributed by atoms with E-state index in [-0.39, 0.29) is 5.54 Å². The molecule has 2 aliphatic heterocycles. The van der Waals surface area contributed by atoms with Crippen molar-refractivity contribution in [1.82, 2.24) is 14.5 Å². The maximum atomic E-state index is 5.73. The van der Waals surface area contributed by atoms with Crippen LogP contribution in [0.4, 0.5) is 0 Å². The molecule has 7 nitrogen and oxygen atoms in total. The Labute approximate surface area is 206 Å². The number of piperidine rings is 1. The van der Waals surface area contributed by atoms with Crippen LogP contribution >= 0.6 is 0 Å². The molecule has 1 atom stereocenters. The molecule has 0 saturated carbocycles. The molecule has 2 aliphatic rings. The summed E-state index contributed by atoms with van der Waals surface area (Å²) in [6.07, 6.45) is 8.58. The molecule has 7 heteroatoms. The number of oxime groups is 1. The van der Waals surface area contributed by atoms with Gasteiger partial charge in [0.25, 0.3) is 0 Å². The standard InChI is InChI=1S/C28H31N5O2/c1-20-18-32(19-30-20)24-12-10-21(17-25(24)34-3)16-22-11-13-26-29-15-14-28(2,23-8-6-5-7-9-23)33(26)27(22)31-35-4/h5-10,12,16-19H,11,13-15H2,1-4H3. The molecule has 1 unspecified atom stereocenters. The molecule has 1 fully saturated rings. The molecule has 0 N–H and O–H groups in total. The van der Waals surface area contributed by atoms with Crippen molar-refractivity contribution >= 4 is 17.7 Å². The Morgan fingerprint density at radius 1 is 1.09 bits per heavy atom. The number of fused-ring (bicyclic) bond motifs is 1. The van der Waals surface area contributed by atoms with Crippen molar-refractivity contribution in [2.24, 2.45) is 10.1 Å². The molecule has 3 aromatic rings. The van der Waals surface area contributed by atoms with Gasteiger partial charge in [0, 0.05) is 19.2 Å². The number of hydrogen-bond acceptors (Lipinski definition) is 5. The minimum Gasteiger partial charge on any atom is -0.495 e. The molecule has 1 saturated heterocycles. The highest BCUT2D eigenvalue weighted by Gasteiger charge is 2.44. The Bertz CT molecular complexity index is 1310. The van der Waals surface area contributed by atoms with Gasteiger partial charge in [-0.05, 0) is 61.6 Å². The summed E-state index contributed by atoms with van der Waals surface area (Å²) < 4.78 is 7.71. The van der Waals surface area contributed by atoms with Crippen LogP contribution in [0.25, 0.3) is 11.8 Å². The summed E-state index contributed by atoms with van der Waals surface area (Å²) >= 11 is 0. The van der Waals surface area contributed by atoms with E-state index in [9.17, 15) is 0 Å². The van der Waals surface area contributed by atoms with Gasteiger partial charge in [0.15, 0.2) is 5.84 Å². The van der Waals surface area contributed by atoms with Crippen LogP contribution in [0, 0.1) is 6.92 Å². The number of nitrogens with zero attached hydrogens (tertiary/aromatic N) is 5. The van der Waals surface area contributed by atoms with Crippen molar-refractivity contribution in [3.05, 3.63) is 83.4 Å². The molecule has 0 bridgehead atoms. The van der Waals surface area contributed by atoms with E-state index >= 15 is 0 Å². The second-order valence-electron chi connectivity index (χ2n) is 9.14. The Morgan fingerprint density at radius 3 is 2.63 bits per heavy atom. The molecule has 3 heterocycles. The summed E-state index contributed by atoms with van der Waals surface area (Å²) in [6, 6.07) is 16.8. The Kier molecular flexibility index (Phi) is 6.16. The lowest BCUT2D eigenvalue weighted by Gasteiger charge is -2.48. The summed E-state index contributed by atoms with van der Waals surface area (Å²) in [4.78, 5) is 16.9. The molecule has 0 radical (unpaired) electrons. The highest BCUT2D eigenvalue weighted by Crippen LogP contribution is 2.40. The monoisotopic (exact) mass is 469 g/mol. The average molecular weight is 470 g/mol. The van der Waals surface area contributed by atoms with Crippen LogP contribution in [0.2, 0.25) is 0 Å². The highest BCUT2D eigenvalue weighted by molar-refractivity contribution is 6.14. The lowest BCUT2D eigenvalue weighted by atomic mass is 9.82. The number of methoxy groups -OCH3 is 1. The number of aliphatic imine (C=N–C) groups is 1. The van der Waals surface area contributed by atoms with Gasteiger partial charge in [0.2, 0.25) is 0 Å². The molecule has 1 aromatic heterocycles. The molecule has 0 aliphatic carbocycles. The molecular formula is C28H31N5O2. The van der Waals surface area contributed by atoms with Crippen LogP contribution in [0.3, 0.4) is 0 Å².